The molecule has 0 aliphatic heterocycles. The zero-order valence-corrected chi connectivity index (χ0v) is 18.0. The standard InChI is InChI=1S/C18H25S.2ClH.Ti/c1-6-19-18(12-11-14(2)13-15(18)3)17(4,5)16-9-7-8-10-16;;;/h7,9,11,13H,6,8,12H2,1-5H3;2*1H;/q;;;+2/p-2. The molecule has 2 aliphatic carbocycles. The second kappa shape index (κ2) is 8.63. The Bertz CT molecular complexity index is 529. The average Bonchev–Trinajstić information content (AvgIpc) is 2.80. The van der Waals surface area contributed by atoms with Gasteiger partial charge < -0.3 is 24.8 Å². The smallest absolute Gasteiger partial charge is 1.00 e. The monoisotopic (exact) mass is 391 g/mol. The van der Waals surface area contributed by atoms with Gasteiger partial charge in [0.15, 0.2) is 0 Å². The predicted octanol–water partition coefficient (Wildman–Crippen LogP) is -0.430. The van der Waals surface area contributed by atoms with E-state index < -0.39 is 0 Å². The topological polar surface area (TPSA) is 0 Å². The summed E-state index contributed by atoms with van der Waals surface area (Å²) in [5, 5.41) is 0. The van der Waals surface area contributed by atoms with Gasteiger partial charge in [0.1, 0.15) is 0 Å². The van der Waals surface area contributed by atoms with E-state index in [0.29, 0.717) is 0 Å². The first-order valence-electron chi connectivity index (χ1n) is 7.46. The van der Waals surface area contributed by atoms with Crippen LogP contribution in [0.15, 0.2) is 44.9 Å². The number of hydrogen-bond acceptors (Lipinski definition) is 1. The van der Waals surface area contributed by atoms with Gasteiger partial charge in [-0.3, -0.25) is 0 Å². The minimum atomic E-state index is 0. The van der Waals surface area contributed by atoms with Crippen molar-refractivity contribution in [2.24, 2.45) is 5.41 Å². The summed E-state index contributed by atoms with van der Waals surface area (Å²) in [6.45, 7) is 11.7. The Morgan fingerprint density at radius 2 is 1.91 bits per heavy atom. The second-order valence-corrected chi connectivity index (χ2v) is 8.87. The van der Waals surface area contributed by atoms with Crippen LogP contribution >= 0.6 is 11.8 Å². The summed E-state index contributed by atoms with van der Waals surface area (Å²) in [6.07, 6.45) is 11.8. The third kappa shape index (κ3) is 3.81. The Morgan fingerprint density at radius 1 is 1.27 bits per heavy atom. The van der Waals surface area contributed by atoms with Crippen LogP contribution in [0.25, 0.3) is 0 Å². The van der Waals surface area contributed by atoms with Crippen molar-refractivity contribution in [3.8, 4) is 0 Å². The first kappa shape index (κ1) is 22.6. The molecule has 0 fully saturated rings. The van der Waals surface area contributed by atoms with E-state index in [0.717, 1.165) is 18.6 Å². The normalized spacial score (nSPS) is 24.5. The van der Waals surface area contributed by atoms with E-state index >= 15 is 0 Å². The van der Waals surface area contributed by atoms with Gasteiger partial charge in [-0.2, -0.15) is 0 Å². The van der Waals surface area contributed by atoms with Gasteiger partial charge in [-0.25, -0.2) is 0 Å². The largest absolute Gasteiger partial charge is 1.00 e. The molecule has 0 bridgehead atoms. The molecule has 0 heterocycles. The molecule has 0 spiro atoms. The van der Waals surface area contributed by atoms with Crippen molar-refractivity contribution in [3.05, 3.63) is 44.9 Å². The van der Waals surface area contributed by atoms with Crippen LogP contribution in [0.3, 0.4) is 0 Å². The van der Waals surface area contributed by atoms with Crippen LogP contribution in [0.2, 0.25) is 0 Å². The van der Waals surface area contributed by atoms with Gasteiger partial charge in [0, 0.05) is 0 Å². The van der Waals surface area contributed by atoms with Crippen molar-refractivity contribution in [2.45, 2.75) is 52.2 Å². The number of halogens is 2. The SMILES string of the molecule is CCSC1(C(C)(C)C2=[C]([Ti+2])CC=C2)CC=C(C)C=C1C.[Cl-].[Cl-]. The first-order chi connectivity index (χ1) is 9.35. The maximum Gasteiger partial charge on any atom is -1.00 e. The Morgan fingerprint density at radius 3 is 2.36 bits per heavy atom. The van der Waals surface area contributed by atoms with E-state index in [4.69, 9.17) is 0 Å². The summed E-state index contributed by atoms with van der Waals surface area (Å²) in [5.41, 5.74) is 4.68. The Labute approximate surface area is 164 Å². The van der Waals surface area contributed by atoms with Crippen LogP contribution in [-0.4, -0.2) is 10.5 Å². The predicted molar refractivity (Wildman–Crippen MR) is 87.6 cm³/mol. The summed E-state index contributed by atoms with van der Waals surface area (Å²) in [6, 6.07) is 0. The van der Waals surface area contributed by atoms with Crippen molar-refractivity contribution in [2.75, 3.05) is 5.75 Å². The number of rotatable bonds is 4. The van der Waals surface area contributed by atoms with Gasteiger partial charge in [-0.05, 0) is 0 Å². The van der Waals surface area contributed by atoms with Gasteiger partial charge in [0.25, 0.3) is 0 Å². The fourth-order valence-corrected chi connectivity index (χ4v) is 5.89. The second-order valence-electron chi connectivity index (χ2n) is 6.36. The van der Waals surface area contributed by atoms with Gasteiger partial charge in [-0.15, -0.1) is 0 Å². The molecule has 0 aromatic carbocycles. The van der Waals surface area contributed by atoms with Crippen molar-refractivity contribution in [1.82, 2.24) is 0 Å². The quantitative estimate of drug-likeness (QED) is 0.586. The molecule has 121 valence electrons. The van der Waals surface area contributed by atoms with Crippen LogP contribution in [0, 0.1) is 5.41 Å². The Balaban J connectivity index is 0.00000220. The molecule has 0 amide bonds. The van der Waals surface area contributed by atoms with E-state index in [2.05, 4.69) is 91.1 Å². The molecule has 2 rings (SSSR count). The molecular weight excluding hydrogens is 367 g/mol. The minimum Gasteiger partial charge on any atom is -1.00 e. The number of allylic oxidation sites excluding steroid dienone is 7. The molecular formula is C18H25Cl2STi. The molecule has 0 saturated heterocycles. The van der Waals surface area contributed by atoms with Gasteiger partial charge >= 0.3 is 140 Å². The molecule has 0 N–H and O–H groups in total. The van der Waals surface area contributed by atoms with Crippen LogP contribution in [0.1, 0.15) is 47.5 Å². The van der Waals surface area contributed by atoms with Gasteiger partial charge in [0.2, 0.25) is 0 Å². The molecule has 4 heteroatoms. The van der Waals surface area contributed by atoms with Crippen LogP contribution in [-0.2, 0) is 20.4 Å². The maximum atomic E-state index is 2.44. The number of hydrogen-bond donors (Lipinski definition) is 0. The third-order valence-corrected chi connectivity index (χ3v) is 7.32. The van der Waals surface area contributed by atoms with Crippen molar-refractivity contribution >= 4 is 11.8 Å². The molecule has 1 unspecified atom stereocenters. The summed E-state index contributed by atoms with van der Waals surface area (Å²) in [4.78, 5) is 0. The summed E-state index contributed by atoms with van der Waals surface area (Å²) in [7, 11) is 0. The number of thioether (sulfide) groups is 1. The molecule has 0 saturated carbocycles. The molecule has 0 aromatic heterocycles. The van der Waals surface area contributed by atoms with Gasteiger partial charge in [0.05, 0.1) is 0 Å². The van der Waals surface area contributed by atoms with Crippen molar-refractivity contribution in [1.29, 1.82) is 0 Å². The zero-order valence-electron chi connectivity index (χ0n) is 14.1. The summed E-state index contributed by atoms with van der Waals surface area (Å²) >= 11 is 4.42. The maximum absolute atomic E-state index is 2.44. The molecule has 0 radical (unpaired) electrons. The third-order valence-electron chi connectivity index (χ3n) is 4.80. The molecule has 2 aliphatic rings. The zero-order chi connectivity index (χ0) is 15.0. The van der Waals surface area contributed by atoms with E-state index in [1.165, 1.54) is 11.1 Å². The fraction of sp³-hybridized carbons (Fsp3) is 0.556. The average molecular weight is 392 g/mol. The van der Waals surface area contributed by atoms with E-state index in [-0.39, 0.29) is 35.0 Å². The van der Waals surface area contributed by atoms with Crippen LogP contribution in [0.5, 0.6) is 0 Å². The Hall–Kier alpha value is 0.604. The summed E-state index contributed by atoms with van der Waals surface area (Å²) in [5.74, 6) is 1.16. The van der Waals surface area contributed by atoms with E-state index in [9.17, 15) is 0 Å². The first-order valence-corrected chi connectivity index (χ1v) is 9.23. The minimum absolute atomic E-state index is 0. The molecule has 0 aromatic rings. The van der Waals surface area contributed by atoms with Crippen molar-refractivity contribution in [3.63, 3.8) is 0 Å². The fourth-order valence-electron chi connectivity index (χ4n) is 3.64. The van der Waals surface area contributed by atoms with Crippen LogP contribution in [0.4, 0.5) is 0 Å². The Kier molecular flexibility index (Phi) is 8.86. The van der Waals surface area contributed by atoms with E-state index in [1.807, 2.05) is 0 Å². The van der Waals surface area contributed by atoms with Gasteiger partial charge in [-0.1, -0.05) is 0 Å². The molecule has 0 nitrogen and oxygen atoms in total. The van der Waals surface area contributed by atoms with Crippen LogP contribution < -0.4 is 24.8 Å². The summed E-state index contributed by atoms with van der Waals surface area (Å²) < 4.78 is 1.75. The van der Waals surface area contributed by atoms with E-state index in [1.54, 1.807) is 9.45 Å². The van der Waals surface area contributed by atoms with Crippen molar-refractivity contribution < 1.29 is 45.2 Å². The molecule has 22 heavy (non-hydrogen) atoms. The molecule has 1 atom stereocenters.